The molecule has 22 heavy (non-hydrogen) atoms. The van der Waals surface area contributed by atoms with Gasteiger partial charge in [0.1, 0.15) is 6.04 Å². The normalized spacial score (nSPS) is 12.2. The zero-order valence-electron chi connectivity index (χ0n) is 12.5. The van der Waals surface area contributed by atoms with Crippen LogP contribution in [0.3, 0.4) is 0 Å². The van der Waals surface area contributed by atoms with E-state index in [9.17, 15) is 9.59 Å². The molecule has 1 unspecified atom stereocenters. The minimum atomic E-state index is -0.701. The van der Waals surface area contributed by atoms with Crippen molar-refractivity contribution in [3.8, 4) is 0 Å². The van der Waals surface area contributed by atoms with Gasteiger partial charge in [0.25, 0.3) is 5.91 Å². The molecule has 0 radical (unpaired) electrons. The lowest BCUT2D eigenvalue weighted by atomic mass is 10.3. The van der Waals surface area contributed by atoms with E-state index in [0.717, 1.165) is 0 Å². The maximum Gasteiger partial charge on any atom is 0.271 e. The van der Waals surface area contributed by atoms with E-state index in [2.05, 4.69) is 15.5 Å². The largest absolute Gasteiger partial charge is 0.364 e. The third kappa shape index (κ3) is 3.11. The van der Waals surface area contributed by atoms with Crippen LogP contribution in [0.4, 0.5) is 5.69 Å². The van der Waals surface area contributed by atoms with Crippen molar-refractivity contribution in [2.45, 2.75) is 33.4 Å². The van der Waals surface area contributed by atoms with Crippen molar-refractivity contribution in [1.29, 1.82) is 0 Å². The molecule has 2 aromatic rings. The number of amides is 2. The van der Waals surface area contributed by atoms with E-state index in [4.69, 9.17) is 17.3 Å². The van der Waals surface area contributed by atoms with Crippen LogP contribution in [0.5, 0.6) is 0 Å². The molecule has 0 aliphatic heterocycles. The summed E-state index contributed by atoms with van der Waals surface area (Å²) in [7, 11) is 0. The van der Waals surface area contributed by atoms with Crippen molar-refractivity contribution in [2.75, 3.05) is 5.32 Å². The number of carbonyl (C=O) groups excluding carboxylic acids is 2. The number of nitrogens with one attached hydrogen (secondary N) is 1. The number of primary amides is 1. The number of rotatable bonds is 5. The van der Waals surface area contributed by atoms with Gasteiger partial charge in [-0.05, 0) is 20.8 Å². The van der Waals surface area contributed by atoms with Gasteiger partial charge in [0.05, 0.1) is 16.4 Å². The quantitative estimate of drug-likeness (QED) is 0.865. The molecule has 0 aliphatic rings. The lowest BCUT2D eigenvalue weighted by Gasteiger charge is -2.12. The number of aromatic nitrogens is 4. The molecule has 0 aliphatic carbocycles. The average Bonchev–Trinajstić information content (AvgIpc) is 3.02. The molecule has 0 aromatic carbocycles. The number of halogens is 1. The number of hydrogen-bond acceptors (Lipinski definition) is 4. The molecular weight excluding hydrogens is 308 g/mol. The van der Waals surface area contributed by atoms with Gasteiger partial charge in [-0.1, -0.05) is 11.6 Å². The standard InChI is InChI=1S/C13H17ClN6O2/c1-4-19-6-10(11(18-19)12(15)21)16-13(22)8(3)20-5-9(14)7(2)17-20/h5-6,8H,4H2,1-3H3,(H2,15,21)(H,16,22). The first-order valence-corrected chi connectivity index (χ1v) is 7.10. The molecule has 3 N–H and O–H groups in total. The minimum Gasteiger partial charge on any atom is -0.364 e. The van der Waals surface area contributed by atoms with Crippen LogP contribution < -0.4 is 11.1 Å². The molecule has 2 rings (SSSR count). The van der Waals surface area contributed by atoms with E-state index in [1.807, 2.05) is 6.92 Å². The zero-order chi connectivity index (χ0) is 16.4. The van der Waals surface area contributed by atoms with Gasteiger partial charge in [-0.25, -0.2) is 0 Å². The molecule has 0 saturated heterocycles. The lowest BCUT2D eigenvalue weighted by Crippen LogP contribution is -2.25. The number of hydrogen-bond donors (Lipinski definition) is 2. The average molecular weight is 325 g/mol. The Morgan fingerprint density at radius 3 is 2.59 bits per heavy atom. The van der Waals surface area contributed by atoms with E-state index >= 15 is 0 Å². The van der Waals surface area contributed by atoms with Crippen LogP contribution in [0.2, 0.25) is 5.02 Å². The lowest BCUT2D eigenvalue weighted by molar-refractivity contribution is -0.119. The number of anilines is 1. The topological polar surface area (TPSA) is 108 Å². The fraction of sp³-hybridized carbons (Fsp3) is 0.385. The summed E-state index contributed by atoms with van der Waals surface area (Å²) >= 11 is 5.94. The van der Waals surface area contributed by atoms with Gasteiger partial charge in [0.2, 0.25) is 5.91 Å². The Kier molecular flexibility index (Phi) is 4.51. The summed E-state index contributed by atoms with van der Waals surface area (Å²) in [5.74, 6) is -1.05. The molecule has 0 fully saturated rings. The Balaban J connectivity index is 2.21. The van der Waals surface area contributed by atoms with Gasteiger partial charge < -0.3 is 11.1 Å². The summed E-state index contributed by atoms with van der Waals surface area (Å²) < 4.78 is 2.98. The highest BCUT2D eigenvalue weighted by Crippen LogP contribution is 2.19. The maximum atomic E-state index is 12.3. The second-order valence-electron chi connectivity index (χ2n) is 4.82. The molecule has 0 spiro atoms. The van der Waals surface area contributed by atoms with Gasteiger partial charge in [-0.3, -0.25) is 19.0 Å². The van der Waals surface area contributed by atoms with E-state index in [1.165, 1.54) is 9.36 Å². The molecular formula is C13H17ClN6O2. The first kappa shape index (κ1) is 16.0. The molecule has 0 bridgehead atoms. The highest BCUT2D eigenvalue weighted by molar-refractivity contribution is 6.31. The highest BCUT2D eigenvalue weighted by Gasteiger charge is 2.21. The van der Waals surface area contributed by atoms with Crippen molar-refractivity contribution in [2.24, 2.45) is 5.73 Å². The van der Waals surface area contributed by atoms with Crippen molar-refractivity contribution >= 4 is 29.1 Å². The number of carbonyl (C=O) groups is 2. The van der Waals surface area contributed by atoms with Crippen LogP contribution >= 0.6 is 11.6 Å². The molecule has 2 amide bonds. The molecule has 9 heteroatoms. The monoisotopic (exact) mass is 324 g/mol. The van der Waals surface area contributed by atoms with E-state index < -0.39 is 11.9 Å². The van der Waals surface area contributed by atoms with Crippen molar-refractivity contribution in [1.82, 2.24) is 19.6 Å². The van der Waals surface area contributed by atoms with Gasteiger partial charge >= 0.3 is 0 Å². The van der Waals surface area contributed by atoms with Crippen LogP contribution in [-0.2, 0) is 11.3 Å². The Morgan fingerprint density at radius 1 is 1.41 bits per heavy atom. The fourth-order valence-corrected chi connectivity index (χ4v) is 2.01. The SMILES string of the molecule is CCn1cc(NC(=O)C(C)n2cc(Cl)c(C)n2)c(C(N)=O)n1. The summed E-state index contributed by atoms with van der Waals surface area (Å²) in [6.07, 6.45) is 3.14. The van der Waals surface area contributed by atoms with Gasteiger partial charge in [-0.15, -0.1) is 0 Å². The minimum absolute atomic E-state index is 0.0251. The second kappa shape index (κ2) is 6.18. The summed E-state index contributed by atoms with van der Waals surface area (Å²) in [6, 6.07) is -0.600. The van der Waals surface area contributed by atoms with Crippen molar-refractivity contribution in [3.63, 3.8) is 0 Å². The number of nitrogens with two attached hydrogens (primary N) is 1. The summed E-state index contributed by atoms with van der Waals surface area (Å²) in [5, 5.41) is 11.3. The summed E-state index contributed by atoms with van der Waals surface area (Å²) in [4.78, 5) is 23.7. The Hall–Kier alpha value is -2.35. The summed E-state index contributed by atoms with van der Waals surface area (Å²) in [5.41, 5.74) is 6.21. The maximum absolute atomic E-state index is 12.3. The van der Waals surface area contributed by atoms with E-state index in [1.54, 1.807) is 26.2 Å². The van der Waals surface area contributed by atoms with Gasteiger partial charge in [-0.2, -0.15) is 10.2 Å². The van der Waals surface area contributed by atoms with Crippen LogP contribution in [0.25, 0.3) is 0 Å². The van der Waals surface area contributed by atoms with Crippen molar-refractivity contribution < 1.29 is 9.59 Å². The van der Waals surface area contributed by atoms with Gasteiger partial charge in [0, 0.05) is 18.9 Å². The van der Waals surface area contributed by atoms with Crippen molar-refractivity contribution in [3.05, 3.63) is 28.8 Å². The first-order chi connectivity index (χ1) is 10.3. The first-order valence-electron chi connectivity index (χ1n) is 6.72. The van der Waals surface area contributed by atoms with Crippen LogP contribution in [-0.4, -0.2) is 31.4 Å². The Bertz CT molecular complexity index is 701. The van der Waals surface area contributed by atoms with Crippen LogP contribution in [0.1, 0.15) is 36.1 Å². The second-order valence-corrected chi connectivity index (χ2v) is 5.23. The number of aryl methyl sites for hydroxylation is 2. The molecule has 1 atom stereocenters. The van der Waals surface area contributed by atoms with E-state index in [-0.39, 0.29) is 17.3 Å². The Morgan fingerprint density at radius 2 is 2.09 bits per heavy atom. The third-order valence-electron chi connectivity index (χ3n) is 3.21. The number of nitrogens with zero attached hydrogens (tertiary/aromatic N) is 4. The fourth-order valence-electron chi connectivity index (χ4n) is 1.87. The van der Waals surface area contributed by atoms with Gasteiger partial charge in [0.15, 0.2) is 5.69 Å². The molecule has 2 aromatic heterocycles. The van der Waals surface area contributed by atoms with E-state index in [0.29, 0.717) is 17.3 Å². The van der Waals surface area contributed by atoms with Crippen LogP contribution in [0.15, 0.2) is 12.4 Å². The summed E-state index contributed by atoms with van der Waals surface area (Å²) in [6.45, 7) is 5.84. The zero-order valence-corrected chi connectivity index (χ0v) is 13.3. The predicted molar refractivity (Wildman–Crippen MR) is 81.7 cm³/mol. The molecule has 2 heterocycles. The Labute approximate surface area is 132 Å². The van der Waals surface area contributed by atoms with Crippen LogP contribution in [0, 0.1) is 6.92 Å². The molecule has 118 valence electrons. The molecule has 8 nitrogen and oxygen atoms in total. The molecule has 0 saturated carbocycles. The smallest absolute Gasteiger partial charge is 0.271 e. The predicted octanol–water partition coefficient (Wildman–Crippen LogP) is 1.36. The third-order valence-corrected chi connectivity index (χ3v) is 3.58. The highest BCUT2D eigenvalue weighted by atomic mass is 35.5.